The number of aliphatic carboxylic acids is 1. The highest BCUT2D eigenvalue weighted by Gasteiger charge is 2.37. The predicted molar refractivity (Wildman–Crippen MR) is 130 cm³/mol. The van der Waals surface area contributed by atoms with Crippen LogP contribution in [0.15, 0.2) is 48.5 Å². The molecule has 2 aliphatic carbocycles. The van der Waals surface area contributed by atoms with E-state index >= 15 is 0 Å². The number of nitrogens with one attached hydrogen (secondary N) is 1. The Labute approximate surface area is 202 Å². The van der Waals surface area contributed by atoms with Crippen LogP contribution in [-0.2, 0) is 14.3 Å². The lowest BCUT2D eigenvalue weighted by atomic mass is 9.98. The van der Waals surface area contributed by atoms with Crippen LogP contribution in [0.3, 0.4) is 0 Å². The Morgan fingerprint density at radius 2 is 1.71 bits per heavy atom. The van der Waals surface area contributed by atoms with Gasteiger partial charge < -0.3 is 20.1 Å². The Bertz CT molecular complexity index is 1060. The summed E-state index contributed by atoms with van der Waals surface area (Å²) in [5.41, 5.74) is 4.58. The molecule has 0 aromatic heterocycles. The summed E-state index contributed by atoms with van der Waals surface area (Å²) >= 11 is 1.35. The topological polar surface area (TPSA) is 95.9 Å². The van der Waals surface area contributed by atoms with E-state index in [1.54, 1.807) is 4.90 Å². The third-order valence-electron chi connectivity index (χ3n) is 6.85. The standard InChI is InChI=1S/C26H28N2O5S/c29-24(28-11-12-34-23(14-28)25(30)31)22(13-16-9-10-16)27-26(32)33-15-21-19-7-3-1-5-17(19)18-6-2-4-8-20(18)21/h1-8,16,21-23H,9-15H2,(H,27,32)(H,30,31)/t22-,23?/m0/s1. The van der Waals surface area contributed by atoms with Crippen LogP contribution in [0.4, 0.5) is 4.79 Å². The molecule has 178 valence electrons. The van der Waals surface area contributed by atoms with E-state index in [9.17, 15) is 19.5 Å². The number of carboxylic acid groups (broad SMARTS) is 1. The van der Waals surface area contributed by atoms with Crippen LogP contribution in [0.5, 0.6) is 0 Å². The molecule has 7 nitrogen and oxygen atoms in total. The van der Waals surface area contributed by atoms with Gasteiger partial charge >= 0.3 is 12.1 Å². The number of carbonyl (C=O) groups excluding carboxylic acids is 2. The van der Waals surface area contributed by atoms with Crippen LogP contribution >= 0.6 is 11.8 Å². The van der Waals surface area contributed by atoms with Crippen molar-refractivity contribution in [3.63, 3.8) is 0 Å². The lowest BCUT2D eigenvalue weighted by Gasteiger charge is -2.33. The molecule has 2 amide bonds. The van der Waals surface area contributed by atoms with Gasteiger partial charge in [-0.05, 0) is 34.6 Å². The number of fused-ring (bicyclic) bond motifs is 3. The Kier molecular flexibility index (Phi) is 6.50. The second-order valence-electron chi connectivity index (χ2n) is 9.18. The summed E-state index contributed by atoms with van der Waals surface area (Å²) in [6, 6.07) is 15.6. The lowest BCUT2D eigenvalue weighted by molar-refractivity contribution is -0.138. The largest absolute Gasteiger partial charge is 0.480 e. The average molecular weight is 481 g/mol. The van der Waals surface area contributed by atoms with Crippen molar-refractivity contribution in [3.8, 4) is 11.1 Å². The summed E-state index contributed by atoms with van der Waals surface area (Å²) in [4.78, 5) is 39.0. The van der Waals surface area contributed by atoms with Crippen molar-refractivity contribution in [2.24, 2.45) is 5.92 Å². The molecule has 1 heterocycles. The molecule has 34 heavy (non-hydrogen) atoms. The second-order valence-corrected chi connectivity index (χ2v) is 10.5. The minimum Gasteiger partial charge on any atom is -0.480 e. The van der Waals surface area contributed by atoms with E-state index in [1.165, 1.54) is 11.8 Å². The smallest absolute Gasteiger partial charge is 0.407 e. The number of nitrogens with zero attached hydrogens (tertiary/aromatic N) is 1. The first-order valence-electron chi connectivity index (χ1n) is 11.8. The van der Waals surface area contributed by atoms with E-state index in [0.29, 0.717) is 24.6 Å². The van der Waals surface area contributed by atoms with Gasteiger partial charge in [0.05, 0.1) is 0 Å². The minimum absolute atomic E-state index is 0.0498. The molecule has 0 spiro atoms. The van der Waals surface area contributed by atoms with Crippen molar-refractivity contribution in [2.75, 3.05) is 25.4 Å². The van der Waals surface area contributed by atoms with Crippen molar-refractivity contribution in [1.29, 1.82) is 0 Å². The third kappa shape index (κ3) is 4.78. The SMILES string of the molecule is O=C(N[C@@H](CC1CC1)C(=O)N1CCSC(C(=O)O)C1)OCC1c2ccccc2-c2ccccc21. The summed E-state index contributed by atoms with van der Waals surface area (Å²) < 4.78 is 5.65. The monoisotopic (exact) mass is 480 g/mol. The first-order chi connectivity index (χ1) is 16.5. The number of rotatable bonds is 7. The molecular formula is C26H28N2O5S. The number of amides is 2. The van der Waals surface area contributed by atoms with Gasteiger partial charge in [-0.15, -0.1) is 11.8 Å². The fourth-order valence-corrected chi connectivity index (χ4v) is 5.95. The molecule has 0 radical (unpaired) electrons. The number of ether oxygens (including phenoxy) is 1. The van der Waals surface area contributed by atoms with Crippen LogP contribution in [0.25, 0.3) is 11.1 Å². The number of alkyl carbamates (subject to hydrolysis) is 1. The Morgan fingerprint density at radius 3 is 2.32 bits per heavy atom. The molecule has 1 unspecified atom stereocenters. The van der Waals surface area contributed by atoms with Gasteiger partial charge in [-0.3, -0.25) is 9.59 Å². The van der Waals surface area contributed by atoms with E-state index in [1.807, 2.05) is 24.3 Å². The molecule has 2 atom stereocenters. The Balaban J connectivity index is 1.24. The van der Waals surface area contributed by atoms with Crippen molar-refractivity contribution in [3.05, 3.63) is 59.7 Å². The van der Waals surface area contributed by atoms with Crippen LogP contribution in [0.1, 0.15) is 36.3 Å². The highest BCUT2D eigenvalue weighted by Crippen LogP contribution is 2.44. The summed E-state index contributed by atoms with van der Waals surface area (Å²) in [7, 11) is 0. The normalized spacial score (nSPS) is 20.2. The Hall–Kier alpha value is -3.00. The molecule has 2 fully saturated rings. The van der Waals surface area contributed by atoms with Crippen LogP contribution < -0.4 is 5.32 Å². The zero-order valence-corrected chi connectivity index (χ0v) is 19.6. The van der Waals surface area contributed by atoms with Gasteiger partial charge in [0.2, 0.25) is 5.91 Å². The van der Waals surface area contributed by atoms with Gasteiger partial charge in [0.1, 0.15) is 17.9 Å². The van der Waals surface area contributed by atoms with Gasteiger partial charge in [-0.1, -0.05) is 61.4 Å². The number of hydrogen-bond acceptors (Lipinski definition) is 5. The molecule has 5 rings (SSSR count). The number of benzene rings is 2. The first-order valence-corrected chi connectivity index (χ1v) is 12.8. The van der Waals surface area contributed by atoms with E-state index in [-0.39, 0.29) is 25.0 Å². The number of hydrogen-bond donors (Lipinski definition) is 2. The van der Waals surface area contributed by atoms with E-state index < -0.39 is 23.4 Å². The van der Waals surface area contributed by atoms with E-state index in [0.717, 1.165) is 35.1 Å². The maximum Gasteiger partial charge on any atom is 0.407 e. The number of carbonyl (C=O) groups is 3. The first kappa shape index (κ1) is 22.8. The van der Waals surface area contributed by atoms with Gasteiger partial charge in [0.15, 0.2) is 0 Å². The molecule has 1 saturated heterocycles. The molecule has 0 bridgehead atoms. The molecule has 2 aromatic carbocycles. The van der Waals surface area contributed by atoms with Gasteiger partial charge in [0, 0.05) is 24.8 Å². The van der Waals surface area contributed by atoms with Crippen molar-refractivity contribution in [2.45, 2.75) is 36.5 Å². The summed E-state index contributed by atoms with van der Waals surface area (Å²) in [6.45, 7) is 0.832. The number of carboxylic acids is 1. The van der Waals surface area contributed by atoms with Crippen LogP contribution in [0.2, 0.25) is 0 Å². The summed E-state index contributed by atoms with van der Waals surface area (Å²) in [6.07, 6.45) is 2.04. The molecule has 3 aliphatic rings. The fourth-order valence-electron chi connectivity index (χ4n) is 4.91. The molecule has 2 aromatic rings. The highest BCUT2D eigenvalue weighted by molar-refractivity contribution is 8.00. The third-order valence-corrected chi connectivity index (χ3v) is 8.02. The zero-order chi connectivity index (χ0) is 23.7. The second kappa shape index (κ2) is 9.70. The molecule has 1 aliphatic heterocycles. The van der Waals surface area contributed by atoms with Crippen molar-refractivity contribution >= 4 is 29.7 Å². The molecule has 1 saturated carbocycles. The summed E-state index contributed by atoms with van der Waals surface area (Å²) in [5.74, 6) is -0.190. The molecule has 8 heteroatoms. The van der Waals surface area contributed by atoms with E-state index in [4.69, 9.17) is 4.74 Å². The van der Waals surface area contributed by atoms with Crippen LogP contribution in [-0.4, -0.2) is 64.7 Å². The van der Waals surface area contributed by atoms with E-state index in [2.05, 4.69) is 29.6 Å². The van der Waals surface area contributed by atoms with Crippen LogP contribution in [0, 0.1) is 5.92 Å². The average Bonchev–Trinajstić information content (AvgIpc) is 3.62. The number of thioether (sulfide) groups is 1. The van der Waals surface area contributed by atoms with Gasteiger partial charge in [0.25, 0.3) is 0 Å². The summed E-state index contributed by atoms with van der Waals surface area (Å²) in [5, 5.41) is 11.5. The molecule has 2 N–H and O–H groups in total. The predicted octanol–water partition coefficient (Wildman–Crippen LogP) is 3.72. The Morgan fingerprint density at radius 1 is 1.06 bits per heavy atom. The quantitative estimate of drug-likeness (QED) is 0.627. The van der Waals surface area contributed by atoms with Crippen molar-refractivity contribution in [1.82, 2.24) is 10.2 Å². The maximum absolute atomic E-state index is 13.2. The molecular weight excluding hydrogens is 452 g/mol. The van der Waals surface area contributed by atoms with Crippen molar-refractivity contribution < 1.29 is 24.2 Å². The lowest BCUT2D eigenvalue weighted by Crippen LogP contribution is -2.53. The zero-order valence-electron chi connectivity index (χ0n) is 18.8. The maximum atomic E-state index is 13.2. The fraction of sp³-hybridized carbons (Fsp3) is 0.423. The van der Waals surface area contributed by atoms with Gasteiger partial charge in [-0.2, -0.15) is 0 Å². The van der Waals surface area contributed by atoms with Gasteiger partial charge in [-0.25, -0.2) is 4.79 Å². The highest BCUT2D eigenvalue weighted by atomic mass is 32.2. The minimum atomic E-state index is -0.911.